The minimum absolute atomic E-state index is 0.132. The van der Waals surface area contributed by atoms with Gasteiger partial charge in [0.25, 0.3) is 10.0 Å². The SMILES string of the molecule is CN(CC(=O)N1CCNCC1)S(=O)(=O)c1sccc1Br. The number of amides is 1. The first-order valence-electron chi connectivity index (χ1n) is 6.11. The number of nitrogens with zero attached hydrogens (tertiary/aromatic N) is 2. The summed E-state index contributed by atoms with van der Waals surface area (Å²) < 4.78 is 26.6. The van der Waals surface area contributed by atoms with Crippen molar-refractivity contribution < 1.29 is 13.2 Å². The minimum atomic E-state index is -3.62. The maximum Gasteiger partial charge on any atom is 0.253 e. The number of hydrogen-bond donors (Lipinski definition) is 1. The molecule has 1 saturated heterocycles. The molecule has 1 N–H and O–H groups in total. The van der Waals surface area contributed by atoms with Gasteiger partial charge in [0, 0.05) is 37.7 Å². The molecule has 0 unspecified atom stereocenters. The van der Waals surface area contributed by atoms with Crippen LogP contribution in [0, 0.1) is 0 Å². The Hall–Kier alpha value is -0.480. The summed E-state index contributed by atoms with van der Waals surface area (Å²) >= 11 is 4.35. The van der Waals surface area contributed by atoms with Gasteiger partial charge in [-0.1, -0.05) is 0 Å². The van der Waals surface area contributed by atoms with Crippen molar-refractivity contribution in [2.75, 3.05) is 39.8 Å². The predicted molar refractivity (Wildman–Crippen MR) is 81.3 cm³/mol. The molecule has 20 heavy (non-hydrogen) atoms. The predicted octanol–water partition coefficient (Wildman–Crippen LogP) is 0.563. The van der Waals surface area contributed by atoms with E-state index in [2.05, 4.69) is 21.2 Å². The first-order chi connectivity index (χ1) is 9.43. The maximum atomic E-state index is 12.4. The van der Waals surface area contributed by atoms with Gasteiger partial charge in [-0.3, -0.25) is 4.79 Å². The van der Waals surface area contributed by atoms with Gasteiger partial charge in [-0.15, -0.1) is 11.3 Å². The van der Waals surface area contributed by atoms with Crippen LogP contribution in [0.5, 0.6) is 0 Å². The summed E-state index contributed by atoms with van der Waals surface area (Å²) in [6.45, 7) is 2.61. The monoisotopic (exact) mass is 381 g/mol. The summed E-state index contributed by atoms with van der Waals surface area (Å²) in [5.74, 6) is -0.162. The molecule has 1 amide bonds. The van der Waals surface area contributed by atoms with Crippen molar-refractivity contribution in [1.29, 1.82) is 0 Å². The third kappa shape index (κ3) is 3.40. The molecule has 1 fully saturated rings. The molecule has 0 aliphatic carbocycles. The van der Waals surface area contributed by atoms with Crippen molar-refractivity contribution in [3.05, 3.63) is 15.9 Å². The quantitative estimate of drug-likeness (QED) is 0.827. The van der Waals surface area contributed by atoms with E-state index in [-0.39, 0.29) is 16.7 Å². The second-order valence-electron chi connectivity index (χ2n) is 4.45. The summed E-state index contributed by atoms with van der Waals surface area (Å²) in [5, 5.41) is 4.85. The zero-order chi connectivity index (χ0) is 14.8. The van der Waals surface area contributed by atoms with E-state index >= 15 is 0 Å². The van der Waals surface area contributed by atoms with E-state index in [4.69, 9.17) is 0 Å². The Morgan fingerprint density at radius 1 is 1.50 bits per heavy atom. The number of carbonyl (C=O) groups is 1. The average Bonchev–Trinajstić information content (AvgIpc) is 2.86. The van der Waals surface area contributed by atoms with Crippen molar-refractivity contribution in [2.45, 2.75) is 4.21 Å². The third-order valence-electron chi connectivity index (χ3n) is 3.06. The van der Waals surface area contributed by atoms with Crippen LogP contribution in [-0.4, -0.2) is 63.3 Å². The zero-order valence-electron chi connectivity index (χ0n) is 11.0. The lowest BCUT2D eigenvalue weighted by Gasteiger charge is -2.29. The molecule has 1 aliphatic rings. The summed E-state index contributed by atoms with van der Waals surface area (Å²) in [4.78, 5) is 13.8. The molecular weight excluding hydrogens is 366 g/mol. The molecule has 0 atom stereocenters. The van der Waals surface area contributed by atoms with E-state index in [0.717, 1.165) is 28.7 Å². The Kier molecular flexibility index (Phi) is 5.19. The highest BCUT2D eigenvalue weighted by Gasteiger charge is 2.28. The van der Waals surface area contributed by atoms with Crippen LogP contribution in [0.2, 0.25) is 0 Å². The van der Waals surface area contributed by atoms with Crippen molar-refractivity contribution in [3.8, 4) is 0 Å². The number of likely N-dealkylation sites (N-methyl/N-ethyl adjacent to an activating group) is 1. The molecule has 9 heteroatoms. The molecular formula is C11H16BrN3O3S2. The molecule has 1 aromatic rings. The highest BCUT2D eigenvalue weighted by molar-refractivity contribution is 9.10. The number of rotatable bonds is 4. The van der Waals surface area contributed by atoms with E-state index in [0.29, 0.717) is 17.6 Å². The van der Waals surface area contributed by atoms with Crippen LogP contribution in [-0.2, 0) is 14.8 Å². The summed E-state index contributed by atoms with van der Waals surface area (Å²) in [6.07, 6.45) is 0. The molecule has 2 heterocycles. The van der Waals surface area contributed by atoms with Crippen LogP contribution in [0.15, 0.2) is 20.1 Å². The molecule has 0 saturated carbocycles. The van der Waals surface area contributed by atoms with Gasteiger partial charge in [0.05, 0.1) is 6.54 Å². The average molecular weight is 382 g/mol. The van der Waals surface area contributed by atoms with Crippen LogP contribution in [0.3, 0.4) is 0 Å². The van der Waals surface area contributed by atoms with Crippen molar-refractivity contribution in [1.82, 2.24) is 14.5 Å². The Bertz CT molecular complexity index is 581. The van der Waals surface area contributed by atoms with Gasteiger partial charge in [0.1, 0.15) is 4.21 Å². The number of piperazine rings is 1. The lowest BCUT2D eigenvalue weighted by atomic mass is 10.3. The second kappa shape index (κ2) is 6.52. The topological polar surface area (TPSA) is 69.7 Å². The molecule has 0 spiro atoms. The fourth-order valence-corrected chi connectivity index (χ4v) is 5.52. The number of sulfonamides is 1. The minimum Gasteiger partial charge on any atom is -0.339 e. The maximum absolute atomic E-state index is 12.4. The van der Waals surface area contributed by atoms with Gasteiger partial charge in [-0.05, 0) is 27.4 Å². The normalized spacial score (nSPS) is 16.6. The Balaban J connectivity index is 2.06. The fraction of sp³-hybridized carbons (Fsp3) is 0.545. The first-order valence-corrected chi connectivity index (χ1v) is 9.22. The van der Waals surface area contributed by atoms with E-state index in [9.17, 15) is 13.2 Å². The highest BCUT2D eigenvalue weighted by Crippen LogP contribution is 2.29. The Morgan fingerprint density at radius 3 is 2.70 bits per heavy atom. The smallest absolute Gasteiger partial charge is 0.253 e. The van der Waals surface area contributed by atoms with Crippen LogP contribution in [0.1, 0.15) is 0 Å². The van der Waals surface area contributed by atoms with E-state index in [1.807, 2.05) is 0 Å². The molecule has 0 bridgehead atoms. The number of halogens is 1. The van der Waals surface area contributed by atoms with Crippen molar-refractivity contribution >= 4 is 43.2 Å². The number of thiophene rings is 1. The van der Waals surface area contributed by atoms with Crippen LogP contribution in [0.4, 0.5) is 0 Å². The molecule has 0 radical (unpaired) electrons. The lowest BCUT2D eigenvalue weighted by molar-refractivity contribution is -0.131. The van der Waals surface area contributed by atoms with Crippen LogP contribution >= 0.6 is 27.3 Å². The standard InChI is InChI=1S/C11H16BrN3O3S2/c1-14(8-10(16)15-5-3-13-4-6-15)20(17,18)11-9(12)2-7-19-11/h2,7,13H,3-6,8H2,1H3. The summed E-state index contributed by atoms with van der Waals surface area (Å²) in [6, 6.07) is 1.68. The molecule has 2 rings (SSSR count). The van der Waals surface area contributed by atoms with Gasteiger partial charge in [-0.2, -0.15) is 4.31 Å². The van der Waals surface area contributed by atoms with Crippen molar-refractivity contribution in [3.63, 3.8) is 0 Å². The van der Waals surface area contributed by atoms with E-state index in [1.54, 1.807) is 16.3 Å². The van der Waals surface area contributed by atoms with Crippen LogP contribution < -0.4 is 5.32 Å². The van der Waals surface area contributed by atoms with Gasteiger partial charge in [0.2, 0.25) is 5.91 Å². The first kappa shape index (κ1) is 15.9. The molecule has 1 aliphatic heterocycles. The number of hydrogen-bond acceptors (Lipinski definition) is 5. The van der Waals surface area contributed by atoms with E-state index in [1.165, 1.54) is 7.05 Å². The lowest BCUT2D eigenvalue weighted by Crippen LogP contribution is -2.49. The molecule has 112 valence electrons. The largest absolute Gasteiger partial charge is 0.339 e. The van der Waals surface area contributed by atoms with E-state index < -0.39 is 10.0 Å². The van der Waals surface area contributed by atoms with Crippen LogP contribution in [0.25, 0.3) is 0 Å². The summed E-state index contributed by atoms with van der Waals surface area (Å²) in [7, 11) is -2.19. The highest BCUT2D eigenvalue weighted by atomic mass is 79.9. The van der Waals surface area contributed by atoms with Gasteiger partial charge in [-0.25, -0.2) is 8.42 Å². The zero-order valence-corrected chi connectivity index (χ0v) is 14.2. The molecule has 1 aromatic heterocycles. The third-order valence-corrected chi connectivity index (χ3v) is 7.51. The Morgan fingerprint density at radius 2 is 2.15 bits per heavy atom. The number of carbonyl (C=O) groups excluding carboxylic acids is 1. The van der Waals surface area contributed by atoms with Gasteiger partial charge in [0.15, 0.2) is 0 Å². The Labute approximate surface area is 130 Å². The van der Waals surface area contributed by atoms with Crippen molar-refractivity contribution in [2.24, 2.45) is 0 Å². The summed E-state index contributed by atoms with van der Waals surface area (Å²) in [5.41, 5.74) is 0. The molecule has 6 nitrogen and oxygen atoms in total. The molecule has 0 aromatic carbocycles. The second-order valence-corrected chi connectivity index (χ2v) is 8.46. The van der Waals surface area contributed by atoms with Gasteiger partial charge < -0.3 is 10.2 Å². The number of nitrogens with one attached hydrogen (secondary N) is 1. The van der Waals surface area contributed by atoms with Gasteiger partial charge >= 0.3 is 0 Å². The fourth-order valence-electron chi connectivity index (χ4n) is 1.90.